The topological polar surface area (TPSA) is 133 Å². The Morgan fingerprint density at radius 3 is 2.83 bits per heavy atom. The number of aryl methyl sites for hydroxylation is 1. The lowest BCUT2D eigenvalue weighted by atomic mass is 10.1. The molecule has 1 amide bonds. The third kappa shape index (κ3) is 4.64. The summed E-state index contributed by atoms with van der Waals surface area (Å²) in [4.78, 5) is 28.5. The number of aromatic nitrogens is 3. The molecule has 10 heteroatoms. The van der Waals surface area contributed by atoms with Crippen LogP contribution in [0.3, 0.4) is 0 Å². The van der Waals surface area contributed by atoms with Gasteiger partial charge in [-0.2, -0.15) is 14.9 Å². The van der Waals surface area contributed by atoms with E-state index in [4.69, 9.17) is 20.5 Å². The second-order valence-corrected chi connectivity index (χ2v) is 7.30. The summed E-state index contributed by atoms with van der Waals surface area (Å²) >= 11 is 1.38. The van der Waals surface area contributed by atoms with E-state index < -0.39 is 5.91 Å². The number of carbonyl (C=O) groups is 1. The normalized spacial score (nSPS) is 11.3. The van der Waals surface area contributed by atoms with Crippen molar-refractivity contribution in [3.05, 3.63) is 56.5 Å². The number of methoxy groups -OCH3 is 1. The number of amides is 1. The van der Waals surface area contributed by atoms with Crippen molar-refractivity contribution in [3.63, 3.8) is 0 Å². The van der Waals surface area contributed by atoms with Gasteiger partial charge in [-0.05, 0) is 30.2 Å². The SMILES string of the molecule is CCCc1nn2c(=O)cc(COc3ccc(/C=C(\C#N)C(N)=O)cc3OC)nc2s1. The van der Waals surface area contributed by atoms with E-state index in [0.717, 1.165) is 17.8 Å². The summed E-state index contributed by atoms with van der Waals surface area (Å²) in [6.45, 7) is 2.11. The third-order valence-electron chi connectivity index (χ3n) is 4.06. The number of rotatable bonds is 8. The zero-order valence-electron chi connectivity index (χ0n) is 16.4. The maximum Gasteiger partial charge on any atom is 0.275 e. The summed E-state index contributed by atoms with van der Waals surface area (Å²) in [5.74, 6) is 0.00579. The number of ether oxygens (including phenoxy) is 2. The highest BCUT2D eigenvalue weighted by molar-refractivity contribution is 7.16. The van der Waals surface area contributed by atoms with Gasteiger partial charge in [-0.25, -0.2) is 4.98 Å². The average molecular weight is 425 g/mol. The summed E-state index contributed by atoms with van der Waals surface area (Å²) in [5.41, 5.74) is 5.75. The van der Waals surface area contributed by atoms with E-state index in [1.54, 1.807) is 24.3 Å². The van der Waals surface area contributed by atoms with Crippen LogP contribution < -0.4 is 20.8 Å². The molecule has 2 N–H and O–H groups in total. The van der Waals surface area contributed by atoms with Crippen molar-refractivity contribution in [2.45, 2.75) is 26.4 Å². The number of primary amides is 1. The lowest BCUT2D eigenvalue weighted by Gasteiger charge is -2.11. The first-order valence-electron chi connectivity index (χ1n) is 9.06. The first-order valence-corrected chi connectivity index (χ1v) is 9.88. The first-order chi connectivity index (χ1) is 14.4. The molecule has 0 aliphatic heterocycles. The second kappa shape index (κ2) is 9.19. The third-order valence-corrected chi connectivity index (χ3v) is 5.03. The smallest absolute Gasteiger partial charge is 0.275 e. The van der Waals surface area contributed by atoms with Crippen LogP contribution >= 0.6 is 11.3 Å². The van der Waals surface area contributed by atoms with Crippen molar-refractivity contribution in [1.82, 2.24) is 14.6 Å². The van der Waals surface area contributed by atoms with Gasteiger partial charge in [0.25, 0.3) is 11.5 Å². The Hall–Kier alpha value is -3.71. The molecule has 0 saturated carbocycles. The Morgan fingerprint density at radius 1 is 1.37 bits per heavy atom. The number of hydrogen-bond donors (Lipinski definition) is 1. The average Bonchev–Trinajstić information content (AvgIpc) is 3.14. The molecule has 1 aromatic carbocycles. The fourth-order valence-corrected chi connectivity index (χ4v) is 3.67. The summed E-state index contributed by atoms with van der Waals surface area (Å²) in [7, 11) is 1.47. The predicted molar refractivity (Wildman–Crippen MR) is 111 cm³/mol. The molecule has 30 heavy (non-hydrogen) atoms. The number of nitriles is 1. The molecule has 9 nitrogen and oxygen atoms in total. The monoisotopic (exact) mass is 425 g/mol. The van der Waals surface area contributed by atoms with Gasteiger partial charge in [0.1, 0.15) is 23.3 Å². The van der Waals surface area contributed by atoms with Crippen molar-refractivity contribution in [2.24, 2.45) is 5.73 Å². The molecule has 0 fully saturated rings. The quantitative estimate of drug-likeness (QED) is 0.431. The zero-order valence-corrected chi connectivity index (χ0v) is 17.2. The maximum atomic E-state index is 12.3. The second-order valence-electron chi connectivity index (χ2n) is 6.26. The minimum atomic E-state index is -0.810. The number of fused-ring (bicyclic) bond motifs is 1. The van der Waals surface area contributed by atoms with Crippen LogP contribution in [0, 0.1) is 11.3 Å². The molecular weight excluding hydrogens is 406 g/mol. The van der Waals surface area contributed by atoms with Gasteiger partial charge >= 0.3 is 0 Å². The summed E-state index contributed by atoms with van der Waals surface area (Å²) in [6, 6.07) is 8.04. The van der Waals surface area contributed by atoms with E-state index >= 15 is 0 Å². The lowest BCUT2D eigenvalue weighted by Crippen LogP contribution is -2.16. The first kappa shape index (κ1) is 21.0. The Kier molecular flexibility index (Phi) is 6.44. The minimum absolute atomic E-state index is 0.0586. The van der Waals surface area contributed by atoms with Gasteiger partial charge in [-0.1, -0.05) is 24.3 Å². The van der Waals surface area contributed by atoms with E-state index in [1.165, 1.54) is 35.1 Å². The van der Waals surface area contributed by atoms with Gasteiger partial charge < -0.3 is 15.2 Å². The molecule has 0 aliphatic carbocycles. The molecule has 0 aliphatic rings. The minimum Gasteiger partial charge on any atom is -0.493 e. The van der Waals surface area contributed by atoms with Crippen molar-refractivity contribution >= 4 is 28.3 Å². The van der Waals surface area contributed by atoms with Crippen molar-refractivity contribution in [2.75, 3.05) is 7.11 Å². The number of hydrogen-bond acceptors (Lipinski definition) is 8. The lowest BCUT2D eigenvalue weighted by molar-refractivity contribution is -0.114. The molecule has 0 bridgehead atoms. The van der Waals surface area contributed by atoms with Crippen molar-refractivity contribution in [1.29, 1.82) is 5.26 Å². The highest BCUT2D eigenvalue weighted by Crippen LogP contribution is 2.29. The van der Waals surface area contributed by atoms with Crippen LogP contribution in [0.5, 0.6) is 11.5 Å². The standard InChI is InChI=1S/C20H19N5O4S/c1-3-4-17-24-25-18(26)9-14(23-20(25)30-17)11-29-15-6-5-12(8-16(15)28-2)7-13(10-21)19(22)27/h5-9H,3-4,11H2,1-2H3,(H2,22,27)/b13-7+. The van der Waals surface area contributed by atoms with E-state index in [1.807, 2.05) is 6.92 Å². The van der Waals surface area contributed by atoms with Gasteiger partial charge in [0.2, 0.25) is 4.96 Å². The van der Waals surface area contributed by atoms with E-state index in [-0.39, 0.29) is 17.7 Å². The molecular formula is C20H19N5O4S. The van der Waals surface area contributed by atoms with Crippen LogP contribution in [0.4, 0.5) is 0 Å². The molecule has 0 radical (unpaired) electrons. The molecule has 0 unspecified atom stereocenters. The fourth-order valence-electron chi connectivity index (χ4n) is 2.65. The van der Waals surface area contributed by atoms with Crippen molar-refractivity contribution < 1.29 is 14.3 Å². The highest BCUT2D eigenvalue weighted by atomic mass is 32.1. The zero-order chi connectivity index (χ0) is 21.7. The molecule has 0 atom stereocenters. The fraction of sp³-hybridized carbons (Fsp3) is 0.250. The van der Waals surface area contributed by atoms with E-state index in [9.17, 15) is 9.59 Å². The summed E-state index contributed by atoms with van der Waals surface area (Å²) in [5, 5.41) is 14.1. The molecule has 0 saturated heterocycles. The largest absolute Gasteiger partial charge is 0.493 e. The van der Waals surface area contributed by atoms with Crippen LogP contribution in [0.25, 0.3) is 11.0 Å². The molecule has 0 spiro atoms. The van der Waals surface area contributed by atoms with E-state index in [2.05, 4.69) is 10.1 Å². The Labute approximate surface area is 176 Å². The van der Waals surface area contributed by atoms with Crippen LogP contribution in [0.15, 0.2) is 34.6 Å². The number of nitrogens with zero attached hydrogens (tertiary/aromatic N) is 4. The van der Waals surface area contributed by atoms with E-state index in [0.29, 0.717) is 27.7 Å². The molecule has 3 rings (SSSR count). The molecule has 3 aromatic rings. The van der Waals surface area contributed by atoms with Crippen LogP contribution in [0.1, 0.15) is 29.6 Å². The number of nitrogens with two attached hydrogens (primary N) is 1. The van der Waals surface area contributed by atoms with Gasteiger partial charge in [-0.3, -0.25) is 9.59 Å². The number of carbonyl (C=O) groups excluding carboxylic acids is 1. The van der Waals surface area contributed by atoms with Crippen LogP contribution in [-0.4, -0.2) is 27.6 Å². The van der Waals surface area contributed by atoms with Crippen LogP contribution in [-0.2, 0) is 17.8 Å². The Bertz CT molecular complexity index is 1220. The van der Waals surface area contributed by atoms with Crippen molar-refractivity contribution in [3.8, 4) is 17.6 Å². The molecule has 2 aromatic heterocycles. The van der Waals surface area contributed by atoms with Gasteiger partial charge in [0.05, 0.1) is 12.8 Å². The summed E-state index contributed by atoms with van der Waals surface area (Å²) in [6.07, 6.45) is 3.09. The van der Waals surface area contributed by atoms with Gasteiger partial charge in [-0.15, -0.1) is 0 Å². The molecule has 154 valence electrons. The Balaban J connectivity index is 1.82. The Morgan fingerprint density at radius 2 is 2.17 bits per heavy atom. The summed E-state index contributed by atoms with van der Waals surface area (Å²) < 4.78 is 12.4. The number of benzene rings is 1. The highest BCUT2D eigenvalue weighted by Gasteiger charge is 2.11. The maximum absolute atomic E-state index is 12.3. The predicted octanol–water partition coefficient (Wildman–Crippen LogP) is 2.08. The van der Waals surface area contributed by atoms with Crippen LogP contribution in [0.2, 0.25) is 0 Å². The van der Waals surface area contributed by atoms with Gasteiger partial charge in [0.15, 0.2) is 11.5 Å². The molecule has 2 heterocycles. The van der Waals surface area contributed by atoms with Gasteiger partial charge in [0, 0.05) is 12.5 Å².